The van der Waals surface area contributed by atoms with Crippen LogP contribution in [0.25, 0.3) is 0 Å². The van der Waals surface area contributed by atoms with E-state index in [1.54, 1.807) is 0 Å². The Hall–Kier alpha value is -1.02. The molecule has 2 saturated carbocycles. The third kappa shape index (κ3) is 0.866. The number of ether oxygens (including phenoxy) is 1. The van der Waals surface area contributed by atoms with E-state index < -0.39 is 10.5 Å². The minimum Gasteiger partial charge on any atom is -0.452 e. The van der Waals surface area contributed by atoms with Gasteiger partial charge in [-0.05, 0) is 18.4 Å². The summed E-state index contributed by atoms with van der Waals surface area (Å²) in [5.41, 5.74) is 0.718. The van der Waals surface area contributed by atoms with E-state index in [-0.39, 0.29) is 17.8 Å². The second-order valence-electron chi connectivity index (χ2n) is 5.35. The third-order valence-electron chi connectivity index (χ3n) is 4.83. The molecule has 1 aromatic rings. The lowest BCUT2D eigenvalue weighted by Gasteiger charge is -2.58. The number of alkyl halides is 1. The predicted octanol–water partition coefficient (Wildman–Crippen LogP) is 2.85. The van der Waals surface area contributed by atoms with Crippen LogP contribution in [0.15, 0.2) is 30.3 Å². The van der Waals surface area contributed by atoms with Crippen LogP contribution in [0.1, 0.15) is 24.8 Å². The summed E-state index contributed by atoms with van der Waals surface area (Å²) in [6.07, 6.45) is 3.16. The maximum atomic E-state index is 12.0. The number of fused-ring (bicyclic) bond motifs is 1. The molecule has 4 bridgehead atoms. The Bertz CT molecular complexity index is 484. The van der Waals surface area contributed by atoms with Crippen molar-refractivity contribution in [3.05, 3.63) is 35.9 Å². The molecule has 5 rings (SSSR count). The fourth-order valence-electron chi connectivity index (χ4n) is 4.21. The number of hydrogen-bond donors (Lipinski definition) is 0. The quantitative estimate of drug-likeness (QED) is 0.564. The lowest BCUT2D eigenvalue weighted by atomic mass is 9.47. The largest absolute Gasteiger partial charge is 0.452 e. The number of hydrogen-bond acceptors (Lipinski definition) is 2. The van der Waals surface area contributed by atoms with Gasteiger partial charge in [-0.2, -0.15) is 0 Å². The molecule has 0 radical (unpaired) electrons. The highest BCUT2D eigenvalue weighted by molar-refractivity contribution is 6.37. The molecule has 17 heavy (non-hydrogen) atoms. The van der Waals surface area contributed by atoms with Crippen molar-refractivity contribution in [2.45, 2.75) is 29.7 Å². The van der Waals surface area contributed by atoms with Crippen LogP contribution in [0.5, 0.6) is 0 Å². The molecule has 0 aromatic heterocycles. The Balaban J connectivity index is 1.89. The molecule has 88 valence electrons. The first-order chi connectivity index (χ1) is 8.20. The summed E-state index contributed by atoms with van der Waals surface area (Å²) >= 11 is 6.52. The molecule has 2 saturated heterocycles. The molecular formula is C14H13ClO2. The summed E-state index contributed by atoms with van der Waals surface area (Å²) in [6.45, 7) is 0. The van der Waals surface area contributed by atoms with E-state index in [2.05, 4.69) is 12.1 Å². The first-order valence-electron chi connectivity index (χ1n) is 6.18. The summed E-state index contributed by atoms with van der Waals surface area (Å²) in [4.78, 5) is 11.3. The minimum atomic E-state index is -0.714. The van der Waals surface area contributed by atoms with Gasteiger partial charge >= 0.3 is 5.97 Å². The third-order valence-corrected chi connectivity index (χ3v) is 5.52. The Morgan fingerprint density at radius 1 is 1.18 bits per heavy atom. The van der Waals surface area contributed by atoms with Crippen molar-refractivity contribution in [2.75, 3.05) is 0 Å². The molecule has 0 spiro atoms. The van der Waals surface area contributed by atoms with Crippen LogP contribution >= 0.6 is 11.6 Å². The van der Waals surface area contributed by atoms with E-state index >= 15 is 0 Å². The van der Waals surface area contributed by atoms with Gasteiger partial charge in [-0.15, -0.1) is 11.6 Å². The van der Waals surface area contributed by atoms with Crippen LogP contribution in [-0.2, 0) is 15.1 Å². The van der Waals surface area contributed by atoms with Crippen molar-refractivity contribution in [1.82, 2.24) is 0 Å². The fourth-order valence-corrected chi connectivity index (χ4v) is 4.79. The van der Waals surface area contributed by atoms with Crippen LogP contribution in [-0.4, -0.2) is 10.8 Å². The lowest BCUT2D eigenvalue weighted by Crippen LogP contribution is -2.66. The molecule has 2 aliphatic carbocycles. The highest BCUT2D eigenvalue weighted by atomic mass is 35.5. The topological polar surface area (TPSA) is 26.3 Å². The van der Waals surface area contributed by atoms with Crippen molar-refractivity contribution in [2.24, 2.45) is 11.8 Å². The van der Waals surface area contributed by atoms with E-state index in [0.717, 1.165) is 24.8 Å². The number of halogens is 1. The monoisotopic (exact) mass is 248 g/mol. The standard InChI is InChI=1S/C14H13ClO2/c15-13-10-7-4-8-11(13)14(10,17-12(13)16)9-5-2-1-3-6-9/h1-3,5-6,10-11H,4,7-8H2/t10-,11-,13?,14?/m1/s1. The summed E-state index contributed by atoms with van der Waals surface area (Å²) in [6, 6.07) is 10.1. The molecule has 4 aliphatic rings. The minimum absolute atomic E-state index is 0.172. The zero-order valence-electron chi connectivity index (χ0n) is 9.36. The number of carbonyl (C=O) groups is 1. The second kappa shape index (κ2) is 2.86. The molecule has 2 heterocycles. The fraction of sp³-hybridized carbons (Fsp3) is 0.500. The van der Waals surface area contributed by atoms with Gasteiger partial charge in [0.25, 0.3) is 0 Å². The number of rotatable bonds is 1. The van der Waals surface area contributed by atoms with Crippen LogP contribution in [0.2, 0.25) is 0 Å². The summed E-state index contributed by atoms with van der Waals surface area (Å²) in [7, 11) is 0. The van der Waals surface area contributed by atoms with Gasteiger partial charge in [0.05, 0.1) is 0 Å². The van der Waals surface area contributed by atoms with Gasteiger partial charge in [0.15, 0.2) is 4.87 Å². The number of carbonyl (C=O) groups excluding carboxylic acids is 1. The maximum absolute atomic E-state index is 12.0. The van der Waals surface area contributed by atoms with Gasteiger partial charge < -0.3 is 4.74 Å². The molecule has 0 N–H and O–H groups in total. The lowest BCUT2D eigenvalue weighted by molar-refractivity contribution is -0.154. The Morgan fingerprint density at radius 2 is 1.82 bits per heavy atom. The Labute approximate surface area is 105 Å². The molecule has 3 heteroatoms. The molecule has 2 aliphatic heterocycles. The average Bonchev–Trinajstić information content (AvgIpc) is 2.77. The first-order valence-corrected chi connectivity index (χ1v) is 6.56. The molecule has 0 unspecified atom stereocenters. The van der Waals surface area contributed by atoms with Crippen LogP contribution in [0, 0.1) is 11.8 Å². The normalized spacial score (nSPS) is 46.3. The van der Waals surface area contributed by atoms with Gasteiger partial charge in [0.1, 0.15) is 5.60 Å². The highest BCUT2D eigenvalue weighted by Gasteiger charge is 2.83. The van der Waals surface area contributed by atoms with Gasteiger partial charge in [-0.3, -0.25) is 4.79 Å². The zero-order valence-corrected chi connectivity index (χ0v) is 10.1. The van der Waals surface area contributed by atoms with E-state index in [1.165, 1.54) is 0 Å². The van der Waals surface area contributed by atoms with Crippen molar-refractivity contribution >= 4 is 17.6 Å². The maximum Gasteiger partial charge on any atom is 0.329 e. The molecule has 4 fully saturated rings. The van der Waals surface area contributed by atoms with Gasteiger partial charge in [-0.1, -0.05) is 36.8 Å². The number of esters is 1. The molecule has 2 nitrogen and oxygen atoms in total. The average molecular weight is 249 g/mol. The Kier molecular flexibility index (Phi) is 1.68. The zero-order chi connectivity index (χ0) is 11.7. The molecule has 2 atom stereocenters. The highest BCUT2D eigenvalue weighted by Crippen LogP contribution is 2.74. The van der Waals surface area contributed by atoms with E-state index in [9.17, 15) is 4.79 Å². The molecular weight excluding hydrogens is 236 g/mol. The summed E-state index contributed by atoms with van der Waals surface area (Å²) < 4.78 is 5.71. The van der Waals surface area contributed by atoms with Crippen LogP contribution < -0.4 is 0 Å². The van der Waals surface area contributed by atoms with E-state index in [4.69, 9.17) is 16.3 Å². The van der Waals surface area contributed by atoms with Gasteiger partial charge in [-0.25, -0.2) is 0 Å². The van der Waals surface area contributed by atoms with Crippen LogP contribution in [0.3, 0.4) is 0 Å². The van der Waals surface area contributed by atoms with Crippen molar-refractivity contribution in [3.63, 3.8) is 0 Å². The van der Waals surface area contributed by atoms with E-state index in [1.807, 2.05) is 18.2 Å². The molecule has 0 amide bonds. The number of benzene rings is 1. The predicted molar refractivity (Wildman–Crippen MR) is 63.6 cm³/mol. The van der Waals surface area contributed by atoms with Crippen LogP contribution in [0.4, 0.5) is 0 Å². The first kappa shape index (κ1) is 9.95. The smallest absolute Gasteiger partial charge is 0.329 e. The van der Waals surface area contributed by atoms with Gasteiger partial charge in [0.2, 0.25) is 0 Å². The van der Waals surface area contributed by atoms with Crippen molar-refractivity contribution in [1.29, 1.82) is 0 Å². The second-order valence-corrected chi connectivity index (χ2v) is 5.98. The van der Waals surface area contributed by atoms with Gasteiger partial charge in [0, 0.05) is 11.8 Å². The molecule has 1 aromatic carbocycles. The van der Waals surface area contributed by atoms with Crippen molar-refractivity contribution < 1.29 is 9.53 Å². The van der Waals surface area contributed by atoms with E-state index in [0.29, 0.717) is 0 Å². The summed E-state index contributed by atoms with van der Waals surface area (Å²) in [5, 5.41) is 0. The SMILES string of the molecule is O=C1OC2(c3ccccc3)[C@@H]3CCC[C@@H]2C13Cl. The Morgan fingerprint density at radius 3 is 2.47 bits per heavy atom. The summed E-state index contributed by atoms with van der Waals surface area (Å²) in [5.74, 6) is 0.147. The van der Waals surface area contributed by atoms with Crippen molar-refractivity contribution in [3.8, 4) is 0 Å².